The van der Waals surface area contributed by atoms with E-state index in [0.29, 0.717) is 30.2 Å². The summed E-state index contributed by atoms with van der Waals surface area (Å²) in [4.78, 5) is 8.55. The summed E-state index contributed by atoms with van der Waals surface area (Å²) in [5.74, 6) is 3.04. The highest BCUT2D eigenvalue weighted by atomic mass is 32.2. The maximum absolute atomic E-state index is 5.01. The molecule has 1 aliphatic heterocycles. The fraction of sp³-hybridized carbons (Fsp3) is 0.727. The summed E-state index contributed by atoms with van der Waals surface area (Å²) in [5, 5.41) is 8.15. The fourth-order valence-electron chi connectivity index (χ4n) is 1.77. The molecule has 0 saturated carbocycles. The SMILES string of the molecule is Cc1noc(CN=C2NC(CC(C)C)CS2)n1. The third-order valence-electron chi connectivity index (χ3n) is 2.43. The Morgan fingerprint density at radius 2 is 2.41 bits per heavy atom. The highest BCUT2D eigenvalue weighted by Crippen LogP contribution is 2.19. The Labute approximate surface area is 105 Å². The van der Waals surface area contributed by atoms with Crippen molar-refractivity contribution in [1.82, 2.24) is 15.5 Å². The lowest BCUT2D eigenvalue weighted by Crippen LogP contribution is -2.28. The minimum absolute atomic E-state index is 0.463. The molecule has 5 nitrogen and oxygen atoms in total. The van der Waals surface area contributed by atoms with Crippen LogP contribution in [0, 0.1) is 12.8 Å². The van der Waals surface area contributed by atoms with Gasteiger partial charge in [-0.25, -0.2) is 0 Å². The molecule has 1 aliphatic rings. The molecule has 0 spiro atoms. The van der Waals surface area contributed by atoms with Crippen molar-refractivity contribution in [2.75, 3.05) is 5.75 Å². The zero-order valence-corrected chi connectivity index (χ0v) is 11.3. The van der Waals surface area contributed by atoms with Crippen molar-refractivity contribution in [2.24, 2.45) is 10.9 Å². The van der Waals surface area contributed by atoms with Crippen molar-refractivity contribution in [1.29, 1.82) is 0 Å². The van der Waals surface area contributed by atoms with Crippen LogP contribution in [-0.4, -0.2) is 27.1 Å². The van der Waals surface area contributed by atoms with E-state index in [-0.39, 0.29) is 0 Å². The summed E-state index contributed by atoms with van der Waals surface area (Å²) in [6.07, 6.45) is 1.19. The molecule has 1 saturated heterocycles. The van der Waals surface area contributed by atoms with E-state index < -0.39 is 0 Å². The molecule has 0 aliphatic carbocycles. The minimum Gasteiger partial charge on any atom is -0.361 e. The number of thioether (sulfide) groups is 1. The Bertz CT molecular complexity index is 402. The predicted molar refractivity (Wildman–Crippen MR) is 69.0 cm³/mol. The van der Waals surface area contributed by atoms with Crippen LogP contribution >= 0.6 is 11.8 Å². The molecule has 17 heavy (non-hydrogen) atoms. The second-order valence-electron chi connectivity index (χ2n) is 4.64. The average molecular weight is 254 g/mol. The van der Waals surface area contributed by atoms with E-state index in [1.807, 2.05) is 0 Å². The molecule has 94 valence electrons. The third kappa shape index (κ3) is 3.73. The van der Waals surface area contributed by atoms with Gasteiger partial charge in [0.2, 0.25) is 5.89 Å². The molecule has 1 N–H and O–H groups in total. The van der Waals surface area contributed by atoms with Crippen molar-refractivity contribution >= 4 is 16.9 Å². The molecule has 1 aromatic rings. The summed E-state index contributed by atoms with van der Waals surface area (Å²) in [6.45, 7) is 6.75. The second kappa shape index (κ2) is 5.53. The highest BCUT2D eigenvalue weighted by molar-refractivity contribution is 8.14. The Kier molecular flexibility index (Phi) is 4.04. The van der Waals surface area contributed by atoms with Crippen LogP contribution < -0.4 is 5.32 Å². The van der Waals surface area contributed by atoms with Crippen molar-refractivity contribution in [3.05, 3.63) is 11.7 Å². The first-order chi connectivity index (χ1) is 8.13. The van der Waals surface area contributed by atoms with E-state index in [1.165, 1.54) is 6.42 Å². The Morgan fingerprint density at radius 3 is 3.06 bits per heavy atom. The summed E-state index contributed by atoms with van der Waals surface area (Å²) in [7, 11) is 0. The molecule has 2 heterocycles. The van der Waals surface area contributed by atoms with Crippen molar-refractivity contribution < 1.29 is 4.52 Å². The molecule has 0 amide bonds. The lowest BCUT2D eigenvalue weighted by Gasteiger charge is -2.11. The number of rotatable bonds is 4. The first kappa shape index (κ1) is 12.4. The van der Waals surface area contributed by atoms with Gasteiger partial charge in [0, 0.05) is 11.8 Å². The maximum atomic E-state index is 5.01. The summed E-state index contributed by atoms with van der Waals surface area (Å²) < 4.78 is 5.01. The molecule has 1 fully saturated rings. The number of aryl methyl sites for hydroxylation is 1. The van der Waals surface area contributed by atoms with Crippen LogP contribution in [0.2, 0.25) is 0 Å². The van der Waals surface area contributed by atoms with Crippen molar-refractivity contribution in [2.45, 2.75) is 39.8 Å². The summed E-state index contributed by atoms with van der Waals surface area (Å²) in [6, 6.07) is 0.545. The quantitative estimate of drug-likeness (QED) is 0.890. The summed E-state index contributed by atoms with van der Waals surface area (Å²) >= 11 is 1.77. The number of amidine groups is 1. The van der Waals surface area contributed by atoms with E-state index in [4.69, 9.17) is 4.52 Å². The lowest BCUT2D eigenvalue weighted by atomic mass is 10.1. The van der Waals surface area contributed by atoms with Crippen LogP contribution in [0.3, 0.4) is 0 Å². The third-order valence-corrected chi connectivity index (χ3v) is 3.52. The average Bonchev–Trinajstić information content (AvgIpc) is 2.84. The molecule has 1 atom stereocenters. The monoisotopic (exact) mass is 254 g/mol. The van der Waals surface area contributed by atoms with E-state index in [0.717, 1.165) is 10.9 Å². The summed E-state index contributed by atoms with van der Waals surface area (Å²) in [5.41, 5.74) is 0. The molecule has 0 radical (unpaired) electrons. The normalized spacial score (nSPS) is 22.4. The Morgan fingerprint density at radius 1 is 1.59 bits per heavy atom. The minimum atomic E-state index is 0.463. The van der Waals surface area contributed by atoms with Gasteiger partial charge in [-0.05, 0) is 19.3 Å². The van der Waals surface area contributed by atoms with Gasteiger partial charge in [-0.1, -0.05) is 30.8 Å². The van der Waals surface area contributed by atoms with Gasteiger partial charge in [0.1, 0.15) is 6.54 Å². The van der Waals surface area contributed by atoms with Gasteiger partial charge in [-0.15, -0.1) is 0 Å². The van der Waals surface area contributed by atoms with Gasteiger partial charge in [0.15, 0.2) is 11.0 Å². The van der Waals surface area contributed by atoms with Crippen LogP contribution in [0.4, 0.5) is 0 Å². The number of aliphatic imine (C=N–C) groups is 1. The van der Waals surface area contributed by atoms with Crippen LogP contribution in [0.1, 0.15) is 32.0 Å². The number of hydrogen-bond donors (Lipinski definition) is 1. The molecule has 6 heteroatoms. The van der Waals surface area contributed by atoms with Crippen molar-refractivity contribution in [3.63, 3.8) is 0 Å². The number of nitrogens with one attached hydrogen (secondary N) is 1. The maximum Gasteiger partial charge on any atom is 0.248 e. The van der Waals surface area contributed by atoms with Gasteiger partial charge in [0.05, 0.1) is 0 Å². The highest BCUT2D eigenvalue weighted by Gasteiger charge is 2.20. The molecular formula is C11H18N4OS. The van der Waals surface area contributed by atoms with Crippen molar-refractivity contribution in [3.8, 4) is 0 Å². The number of hydrogen-bond acceptors (Lipinski definition) is 5. The standard InChI is InChI=1S/C11H18N4OS/c1-7(2)4-9-6-17-11(14-9)12-5-10-13-8(3)15-16-10/h7,9H,4-6H2,1-3H3,(H,12,14). The van der Waals surface area contributed by atoms with E-state index in [1.54, 1.807) is 18.7 Å². The van der Waals surface area contributed by atoms with E-state index in [9.17, 15) is 0 Å². The molecule has 1 unspecified atom stereocenters. The number of aromatic nitrogens is 2. The first-order valence-corrected chi connectivity index (χ1v) is 6.85. The molecule has 2 rings (SSSR count). The van der Waals surface area contributed by atoms with Gasteiger partial charge >= 0.3 is 0 Å². The molecule has 0 aromatic carbocycles. The van der Waals surface area contributed by atoms with E-state index >= 15 is 0 Å². The van der Waals surface area contributed by atoms with Crippen LogP contribution in [-0.2, 0) is 6.54 Å². The van der Waals surface area contributed by atoms with Crippen LogP contribution in [0.15, 0.2) is 9.52 Å². The first-order valence-electron chi connectivity index (χ1n) is 5.86. The van der Waals surface area contributed by atoms with Gasteiger partial charge < -0.3 is 9.84 Å². The zero-order chi connectivity index (χ0) is 12.3. The van der Waals surface area contributed by atoms with Crippen LogP contribution in [0.5, 0.6) is 0 Å². The van der Waals surface area contributed by atoms with Gasteiger partial charge in [-0.3, -0.25) is 4.99 Å². The molecular weight excluding hydrogens is 236 g/mol. The molecule has 1 aromatic heterocycles. The fourth-order valence-corrected chi connectivity index (χ4v) is 2.75. The number of nitrogens with zero attached hydrogens (tertiary/aromatic N) is 3. The lowest BCUT2D eigenvalue weighted by molar-refractivity contribution is 0.376. The predicted octanol–water partition coefficient (Wildman–Crippen LogP) is 1.99. The Hall–Kier alpha value is -1.04. The second-order valence-corrected chi connectivity index (χ2v) is 5.65. The van der Waals surface area contributed by atoms with Gasteiger partial charge in [-0.2, -0.15) is 4.98 Å². The van der Waals surface area contributed by atoms with E-state index in [2.05, 4.69) is 34.3 Å². The molecule has 0 bridgehead atoms. The smallest absolute Gasteiger partial charge is 0.248 e. The largest absolute Gasteiger partial charge is 0.361 e. The Balaban J connectivity index is 1.83. The van der Waals surface area contributed by atoms with Gasteiger partial charge in [0.25, 0.3) is 0 Å². The van der Waals surface area contributed by atoms with Crippen LogP contribution in [0.25, 0.3) is 0 Å². The topological polar surface area (TPSA) is 63.3 Å². The zero-order valence-electron chi connectivity index (χ0n) is 10.4.